The number of nitrogens with two attached hydrogens (primary N) is 1. The molecule has 2 heterocycles. The molecule has 0 saturated heterocycles. The molecule has 262 valence electrons. The van der Waals surface area contributed by atoms with Crippen LogP contribution in [0.4, 0.5) is 28.4 Å². The fraction of sp³-hybridized carbons (Fsp3) is 0. The third-order valence-corrected chi connectivity index (χ3v) is 10.0. The lowest BCUT2D eigenvalue weighted by Gasteiger charge is -2.18. The lowest BCUT2D eigenvalue weighted by atomic mass is 10.1. The third kappa shape index (κ3) is 6.77. The van der Waals surface area contributed by atoms with E-state index in [9.17, 15) is 53.9 Å². The van der Waals surface area contributed by atoms with E-state index in [4.69, 9.17) is 5.73 Å². The van der Waals surface area contributed by atoms with E-state index in [1.54, 1.807) is 6.07 Å². The molecule has 6 aromatic rings. The van der Waals surface area contributed by atoms with Crippen LogP contribution in [-0.4, -0.2) is 65.1 Å². The minimum Gasteiger partial charge on any atom is -0.505 e. The zero-order chi connectivity index (χ0) is 37.0. The molecule has 19 nitrogen and oxygen atoms in total. The number of phenols is 1. The Balaban J connectivity index is 1.42. The van der Waals surface area contributed by atoms with Gasteiger partial charge in [0.1, 0.15) is 37.5 Å². The van der Waals surface area contributed by atoms with Gasteiger partial charge in [0, 0.05) is 16.2 Å². The predicted octanol–water partition coefficient (Wildman–Crippen LogP) is 4.52. The van der Waals surface area contributed by atoms with Crippen LogP contribution in [0, 0.1) is 0 Å². The van der Waals surface area contributed by atoms with E-state index in [2.05, 4.69) is 31.0 Å². The van der Waals surface area contributed by atoms with Crippen molar-refractivity contribution in [1.29, 1.82) is 0 Å². The van der Waals surface area contributed by atoms with Crippen molar-refractivity contribution in [2.24, 2.45) is 10.2 Å². The predicted molar refractivity (Wildman–Crippen MR) is 181 cm³/mol. The molecule has 6 rings (SSSR count). The number of carboxylic acids is 1. The molecule has 22 heteroatoms. The number of nitrogen functional groups attached to an aromatic ring is 1. The Morgan fingerprint density at radius 3 is 2.08 bits per heavy atom. The van der Waals surface area contributed by atoms with Crippen LogP contribution in [0.2, 0.25) is 0 Å². The van der Waals surface area contributed by atoms with Crippen molar-refractivity contribution in [1.82, 2.24) is 9.97 Å². The Kier molecular flexibility index (Phi) is 8.45. The van der Waals surface area contributed by atoms with E-state index < -0.39 is 73.8 Å². The number of para-hydroxylation sites is 1. The Morgan fingerprint density at radius 1 is 0.725 bits per heavy atom. The van der Waals surface area contributed by atoms with Gasteiger partial charge in [0.15, 0.2) is 0 Å². The second kappa shape index (κ2) is 12.4. The van der Waals surface area contributed by atoms with Gasteiger partial charge in [0.05, 0.1) is 34.3 Å². The number of rotatable bonds is 9. The van der Waals surface area contributed by atoms with Gasteiger partial charge in [-0.2, -0.15) is 25.3 Å². The molecule has 0 aliphatic carbocycles. The number of phenolic OH excluding ortho intramolecular Hbond substituents is 1. The van der Waals surface area contributed by atoms with Gasteiger partial charge in [-0.15, -0.1) is 10.2 Å². The minimum absolute atomic E-state index is 0.00124. The number of aromatic nitrogens is 2. The van der Waals surface area contributed by atoms with Gasteiger partial charge >= 0.3 is 5.97 Å². The maximum Gasteiger partial charge on any atom is 0.354 e. The number of pyridine rings is 2. The van der Waals surface area contributed by atoms with Crippen molar-refractivity contribution in [2.45, 2.75) is 14.7 Å². The van der Waals surface area contributed by atoms with Crippen LogP contribution < -0.4 is 16.6 Å². The number of carbonyl (C=O) groups is 1. The van der Waals surface area contributed by atoms with Crippen molar-refractivity contribution in [3.63, 3.8) is 0 Å². The van der Waals surface area contributed by atoms with E-state index in [-0.39, 0.29) is 44.3 Å². The fourth-order valence-corrected chi connectivity index (χ4v) is 7.06. The van der Waals surface area contributed by atoms with E-state index in [1.807, 2.05) is 0 Å². The SMILES string of the molecule is Nc1cc2c(O)c(NNc3ccc(/N=N/c4cnc5c(S(=O)(=O)O)cccc5c4)c4ccc(C(=O)O)nc34)c(S(=O)(=O)O)cc2cc1S(=O)(=O)O. The molecular weight excluding hydrogens is 735 g/mol. The van der Waals surface area contributed by atoms with Crippen LogP contribution in [0.1, 0.15) is 10.5 Å². The van der Waals surface area contributed by atoms with E-state index in [0.717, 1.165) is 18.2 Å². The highest BCUT2D eigenvalue weighted by Crippen LogP contribution is 2.41. The summed E-state index contributed by atoms with van der Waals surface area (Å²) in [6, 6.07) is 13.5. The van der Waals surface area contributed by atoms with Gasteiger partial charge in [-0.25, -0.2) is 9.78 Å². The van der Waals surface area contributed by atoms with Crippen molar-refractivity contribution in [2.75, 3.05) is 16.6 Å². The second-order valence-electron chi connectivity index (χ2n) is 10.6. The summed E-state index contributed by atoms with van der Waals surface area (Å²) in [5.74, 6) is -2.21. The first-order chi connectivity index (χ1) is 23.8. The van der Waals surface area contributed by atoms with Gasteiger partial charge in [-0.3, -0.25) is 29.5 Å². The molecule has 0 saturated carbocycles. The van der Waals surface area contributed by atoms with Crippen LogP contribution in [-0.2, 0) is 30.4 Å². The molecule has 0 atom stereocenters. The molecule has 0 unspecified atom stereocenters. The number of hydrazine groups is 1. The molecular formula is C29H21N7O12S3. The first-order valence-corrected chi connectivity index (χ1v) is 18.2. The summed E-state index contributed by atoms with van der Waals surface area (Å²) in [6.45, 7) is 0. The average Bonchev–Trinajstić information content (AvgIpc) is 3.05. The maximum absolute atomic E-state index is 12.3. The standard InChI is InChI=1S/C29H21N7O12S3/c30-18-11-17-14(9-23(18)50(43,44)45)10-24(51(46,47)48)27(28(17)37)36-35-20-7-6-19(16-4-5-21(29(38)39)32-26(16)20)34-33-15-8-13-2-1-3-22(49(40,41)42)25(13)31-12-15/h1-12,35-37H,30H2,(H,38,39)(H,40,41,42)(H,43,44,45)(H,46,47,48)/b34-33+. The summed E-state index contributed by atoms with van der Waals surface area (Å²) < 4.78 is 101. The van der Waals surface area contributed by atoms with Gasteiger partial charge in [-0.1, -0.05) is 12.1 Å². The van der Waals surface area contributed by atoms with Gasteiger partial charge < -0.3 is 15.9 Å². The number of aromatic hydroxyl groups is 1. The summed E-state index contributed by atoms with van der Waals surface area (Å²) in [4.78, 5) is 17.9. The van der Waals surface area contributed by atoms with Crippen molar-refractivity contribution < 1.29 is 53.9 Å². The molecule has 0 spiro atoms. The molecule has 51 heavy (non-hydrogen) atoms. The van der Waals surface area contributed by atoms with Gasteiger partial charge in [0.25, 0.3) is 30.4 Å². The first kappa shape index (κ1) is 34.8. The van der Waals surface area contributed by atoms with Crippen LogP contribution in [0.3, 0.4) is 0 Å². The number of carboxylic acid groups (broad SMARTS) is 1. The highest BCUT2D eigenvalue weighted by Gasteiger charge is 2.25. The number of benzene rings is 4. The Labute approximate surface area is 286 Å². The number of hydrogen-bond acceptors (Lipinski definition) is 15. The summed E-state index contributed by atoms with van der Waals surface area (Å²) in [7, 11) is -14.5. The summed E-state index contributed by atoms with van der Waals surface area (Å²) in [6.07, 6.45) is 1.21. The molecule has 2 aromatic heterocycles. The number of aromatic carboxylic acids is 1. The lowest BCUT2D eigenvalue weighted by molar-refractivity contribution is 0.0690. The highest BCUT2D eigenvalue weighted by atomic mass is 32.2. The topological polar surface area (TPSA) is 321 Å². The number of anilines is 3. The number of fused-ring (bicyclic) bond motifs is 3. The van der Waals surface area contributed by atoms with E-state index in [1.165, 1.54) is 48.7 Å². The zero-order valence-electron chi connectivity index (χ0n) is 25.1. The van der Waals surface area contributed by atoms with Crippen LogP contribution >= 0.6 is 0 Å². The minimum atomic E-state index is -5.11. The van der Waals surface area contributed by atoms with Gasteiger partial charge in [-0.05, 0) is 60.0 Å². The molecule has 0 amide bonds. The van der Waals surface area contributed by atoms with E-state index in [0.29, 0.717) is 5.39 Å². The summed E-state index contributed by atoms with van der Waals surface area (Å²) >= 11 is 0. The second-order valence-corrected chi connectivity index (χ2v) is 14.8. The lowest BCUT2D eigenvalue weighted by Crippen LogP contribution is -2.14. The number of nitrogens with one attached hydrogen (secondary N) is 2. The first-order valence-electron chi connectivity index (χ1n) is 13.8. The highest BCUT2D eigenvalue weighted by molar-refractivity contribution is 7.86. The normalized spacial score (nSPS) is 12.5. The molecule has 0 aliphatic heterocycles. The molecule has 0 aliphatic rings. The Morgan fingerprint density at radius 2 is 1.41 bits per heavy atom. The van der Waals surface area contributed by atoms with Crippen LogP contribution in [0.15, 0.2) is 97.8 Å². The number of azo groups is 1. The molecule has 9 N–H and O–H groups in total. The smallest absolute Gasteiger partial charge is 0.354 e. The molecule has 4 aromatic carbocycles. The van der Waals surface area contributed by atoms with E-state index >= 15 is 0 Å². The monoisotopic (exact) mass is 755 g/mol. The van der Waals surface area contributed by atoms with Crippen LogP contribution in [0.5, 0.6) is 5.75 Å². The number of hydrogen-bond donors (Lipinski definition) is 8. The number of nitrogens with zero attached hydrogens (tertiary/aromatic N) is 4. The van der Waals surface area contributed by atoms with Crippen molar-refractivity contribution in [3.8, 4) is 5.75 Å². The zero-order valence-corrected chi connectivity index (χ0v) is 27.6. The fourth-order valence-electron chi connectivity index (χ4n) is 5.08. The molecule has 0 radical (unpaired) electrons. The van der Waals surface area contributed by atoms with Gasteiger partial charge in [0.2, 0.25) is 0 Å². The summed E-state index contributed by atoms with van der Waals surface area (Å²) in [5, 5.41) is 29.1. The van der Waals surface area contributed by atoms with Crippen LogP contribution in [0.25, 0.3) is 32.6 Å². The molecule has 0 bridgehead atoms. The third-order valence-electron chi connectivity index (χ3n) is 7.35. The average molecular weight is 756 g/mol. The Bertz CT molecular complexity index is 2850. The molecule has 0 fully saturated rings. The largest absolute Gasteiger partial charge is 0.505 e. The van der Waals surface area contributed by atoms with Crippen molar-refractivity contribution in [3.05, 3.63) is 78.6 Å². The quantitative estimate of drug-likeness (QED) is 0.0330. The summed E-state index contributed by atoms with van der Waals surface area (Å²) in [5.41, 5.74) is 9.61. The Hall–Kier alpha value is -6.04. The van der Waals surface area contributed by atoms with Crippen molar-refractivity contribution >= 4 is 97.3 Å². The maximum atomic E-state index is 12.3.